The van der Waals surface area contributed by atoms with Gasteiger partial charge in [0.15, 0.2) is 0 Å². The smallest absolute Gasteiger partial charge is 0.224 e. The molecule has 4 heteroatoms. The summed E-state index contributed by atoms with van der Waals surface area (Å²) in [6.07, 6.45) is 1.00. The van der Waals surface area contributed by atoms with Gasteiger partial charge < -0.3 is 11.1 Å². The van der Waals surface area contributed by atoms with Gasteiger partial charge in [0.1, 0.15) is 5.82 Å². The summed E-state index contributed by atoms with van der Waals surface area (Å²) in [4.78, 5) is 11.8. The van der Waals surface area contributed by atoms with Crippen molar-refractivity contribution in [3.8, 4) is 0 Å². The molecular formula is C16H17FN2O. The first-order valence-electron chi connectivity index (χ1n) is 6.45. The summed E-state index contributed by atoms with van der Waals surface area (Å²) < 4.78 is 13.2. The van der Waals surface area contributed by atoms with Crippen molar-refractivity contribution in [3.63, 3.8) is 0 Å². The van der Waals surface area contributed by atoms with Crippen LogP contribution >= 0.6 is 0 Å². The van der Waals surface area contributed by atoms with Crippen LogP contribution in [-0.2, 0) is 11.2 Å². The molecule has 2 aromatic carbocycles. The van der Waals surface area contributed by atoms with E-state index in [1.807, 2.05) is 31.2 Å². The maximum atomic E-state index is 13.2. The quantitative estimate of drug-likeness (QED) is 0.839. The number of nitrogens with two attached hydrogens (primary N) is 1. The molecule has 0 aliphatic heterocycles. The van der Waals surface area contributed by atoms with Gasteiger partial charge in [0.05, 0.1) is 0 Å². The number of hydrogen-bond acceptors (Lipinski definition) is 2. The molecule has 2 aromatic rings. The highest BCUT2D eigenvalue weighted by atomic mass is 19.1. The Hall–Kier alpha value is -2.36. The number of carbonyl (C=O) groups is 1. The first-order valence-corrected chi connectivity index (χ1v) is 6.45. The lowest BCUT2D eigenvalue weighted by Crippen LogP contribution is -2.13. The zero-order chi connectivity index (χ0) is 14.5. The number of rotatable bonds is 4. The highest BCUT2D eigenvalue weighted by Crippen LogP contribution is 2.16. The molecule has 0 aromatic heterocycles. The van der Waals surface area contributed by atoms with Crippen LogP contribution in [0.3, 0.4) is 0 Å². The predicted octanol–water partition coefficient (Wildman–Crippen LogP) is 3.29. The lowest BCUT2D eigenvalue weighted by atomic mass is 10.0. The molecule has 0 saturated carbocycles. The summed E-state index contributed by atoms with van der Waals surface area (Å²) in [6.45, 7) is 2.01. The van der Waals surface area contributed by atoms with E-state index in [2.05, 4.69) is 5.32 Å². The Morgan fingerprint density at radius 2 is 2.00 bits per heavy atom. The number of aryl methyl sites for hydroxylation is 2. The normalized spacial score (nSPS) is 10.3. The van der Waals surface area contributed by atoms with E-state index in [0.717, 1.165) is 11.1 Å². The molecule has 0 unspecified atom stereocenters. The standard InChI is InChI=1S/C16H17FN2O/c1-11-4-2-3-5-12(11)6-7-16(20)19-15-9-13(17)8-14(18)10-15/h2-5,8-10H,6-7,18H2,1H3,(H,19,20). The number of carbonyl (C=O) groups excluding carboxylic acids is 1. The van der Waals surface area contributed by atoms with Crippen LogP contribution in [0.25, 0.3) is 0 Å². The Morgan fingerprint density at radius 1 is 1.25 bits per heavy atom. The summed E-state index contributed by atoms with van der Waals surface area (Å²) in [7, 11) is 0. The Morgan fingerprint density at radius 3 is 2.70 bits per heavy atom. The molecule has 1 amide bonds. The predicted molar refractivity (Wildman–Crippen MR) is 78.9 cm³/mol. The minimum Gasteiger partial charge on any atom is -0.399 e. The molecule has 0 heterocycles. The molecule has 0 aliphatic rings. The summed E-state index contributed by atoms with van der Waals surface area (Å²) in [5.41, 5.74) is 8.51. The van der Waals surface area contributed by atoms with Crippen molar-refractivity contribution in [2.24, 2.45) is 0 Å². The molecule has 0 aliphatic carbocycles. The third-order valence-electron chi connectivity index (χ3n) is 3.09. The molecular weight excluding hydrogens is 255 g/mol. The van der Waals surface area contributed by atoms with Gasteiger partial charge >= 0.3 is 0 Å². The van der Waals surface area contributed by atoms with Crippen molar-refractivity contribution in [2.45, 2.75) is 19.8 Å². The largest absolute Gasteiger partial charge is 0.399 e. The minimum atomic E-state index is -0.459. The number of nitrogens with one attached hydrogen (secondary N) is 1. The van der Waals surface area contributed by atoms with Gasteiger partial charge in [0.25, 0.3) is 0 Å². The lowest BCUT2D eigenvalue weighted by molar-refractivity contribution is -0.116. The molecule has 0 radical (unpaired) electrons. The van der Waals surface area contributed by atoms with Crippen LogP contribution in [-0.4, -0.2) is 5.91 Å². The van der Waals surface area contributed by atoms with E-state index in [1.165, 1.54) is 18.2 Å². The first kappa shape index (κ1) is 14.1. The third-order valence-corrected chi connectivity index (χ3v) is 3.09. The van der Waals surface area contributed by atoms with Crippen molar-refractivity contribution in [1.29, 1.82) is 0 Å². The van der Waals surface area contributed by atoms with Gasteiger partial charge in [0.2, 0.25) is 5.91 Å². The van der Waals surface area contributed by atoms with Crippen LogP contribution in [0.15, 0.2) is 42.5 Å². The molecule has 104 valence electrons. The second kappa shape index (κ2) is 6.19. The van der Waals surface area contributed by atoms with Crippen LogP contribution < -0.4 is 11.1 Å². The van der Waals surface area contributed by atoms with Crippen LogP contribution in [0.4, 0.5) is 15.8 Å². The van der Waals surface area contributed by atoms with Crippen LogP contribution in [0, 0.1) is 12.7 Å². The molecule has 20 heavy (non-hydrogen) atoms. The maximum Gasteiger partial charge on any atom is 0.224 e. The SMILES string of the molecule is Cc1ccccc1CCC(=O)Nc1cc(N)cc(F)c1. The van der Waals surface area contributed by atoms with Gasteiger partial charge in [-0.05, 0) is 42.7 Å². The summed E-state index contributed by atoms with van der Waals surface area (Å²) >= 11 is 0. The number of hydrogen-bond donors (Lipinski definition) is 2. The van der Waals surface area contributed by atoms with Crippen molar-refractivity contribution < 1.29 is 9.18 Å². The van der Waals surface area contributed by atoms with Gasteiger partial charge in [-0.25, -0.2) is 4.39 Å². The van der Waals surface area contributed by atoms with Gasteiger partial charge in [-0.3, -0.25) is 4.79 Å². The molecule has 0 bridgehead atoms. The number of halogens is 1. The van der Waals surface area contributed by atoms with E-state index in [9.17, 15) is 9.18 Å². The van der Waals surface area contributed by atoms with Gasteiger partial charge in [-0.15, -0.1) is 0 Å². The summed E-state index contributed by atoms with van der Waals surface area (Å²) in [6, 6.07) is 11.9. The van der Waals surface area contributed by atoms with E-state index in [-0.39, 0.29) is 5.91 Å². The summed E-state index contributed by atoms with van der Waals surface area (Å²) in [5, 5.41) is 2.65. The van der Waals surface area contributed by atoms with Gasteiger partial charge in [0, 0.05) is 17.8 Å². The zero-order valence-corrected chi connectivity index (χ0v) is 11.3. The fourth-order valence-corrected chi connectivity index (χ4v) is 2.05. The van der Waals surface area contributed by atoms with E-state index in [1.54, 1.807) is 0 Å². The molecule has 0 spiro atoms. The molecule has 0 atom stereocenters. The molecule has 0 saturated heterocycles. The van der Waals surface area contributed by atoms with E-state index in [0.29, 0.717) is 24.2 Å². The number of nitrogen functional groups attached to an aromatic ring is 1. The Labute approximate surface area is 117 Å². The topological polar surface area (TPSA) is 55.1 Å². The molecule has 0 fully saturated rings. The number of benzene rings is 2. The van der Waals surface area contributed by atoms with Crippen molar-refractivity contribution >= 4 is 17.3 Å². The van der Waals surface area contributed by atoms with E-state index in [4.69, 9.17) is 5.73 Å². The second-order valence-electron chi connectivity index (χ2n) is 4.75. The van der Waals surface area contributed by atoms with Crippen molar-refractivity contribution in [1.82, 2.24) is 0 Å². The van der Waals surface area contributed by atoms with E-state index >= 15 is 0 Å². The third kappa shape index (κ3) is 3.82. The molecule has 2 rings (SSSR count). The zero-order valence-electron chi connectivity index (χ0n) is 11.3. The van der Waals surface area contributed by atoms with Crippen molar-refractivity contribution in [2.75, 3.05) is 11.1 Å². The monoisotopic (exact) mass is 272 g/mol. The highest BCUT2D eigenvalue weighted by molar-refractivity contribution is 5.91. The Bertz CT molecular complexity index is 605. The second-order valence-corrected chi connectivity index (χ2v) is 4.75. The molecule has 3 N–H and O–H groups in total. The van der Waals surface area contributed by atoms with Gasteiger partial charge in [-0.2, -0.15) is 0 Å². The van der Waals surface area contributed by atoms with Crippen LogP contribution in [0.1, 0.15) is 17.5 Å². The fraction of sp³-hybridized carbons (Fsp3) is 0.188. The first-order chi connectivity index (χ1) is 9.54. The average Bonchev–Trinajstić information content (AvgIpc) is 2.36. The van der Waals surface area contributed by atoms with Crippen molar-refractivity contribution in [3.05, 3.63) is 59.4 Å². The minimum absolute atomic E-state index is 0.154. The summed E-state index contributed by atoms with van der Waals surface area (Å²) in [5.74, 6) is -0.613. The Kier molecular flexibility index (Phi) is 4.35. The number of anilines is 2. The number of amides is 1. The Balaban J connectivity index is 1.94. The van der Waals surface area contributed by atoms with E-state index < -0.39 is 5.82 Å². The van der Waals surface area contributed by atoms with Crippen LogP contribution in [0.5, 0.6) is 0 Å². The maximum absolute atomic E-state index is 13.2. The van der Waals surface area contributed by atoms with Crippen LogP contribution in [0.2, 0.25) is 0 Å². The van der Waals surface area contributed by atoms with Gasteiger partial charge in [-0.1, -0.05) is 24.3 Å². The lowest BCUT2D eigenvalue weighted by Gasteiger charge is -2.08. The molecule has 3 nitrogen and oxygen atoms in total. The average molecular weight is 272 g/mol. The fourth-order valence-electron chi connectivity index (χ4n) is 2.05. The highest BCUT2D eigenvalue weighted by Gasteiger charge is 2.06.